The molecule has 1 aliphatic rings. The van der Waals surface area contributed by atoms with Crippen LogP contribution in [0.15, 0.2) is 29.6 Å². The van der Waals surface area contributed by atoms with Crippen molar-refractivity contribution in [1.82, 2.24) is 9.80 Å². The Kier molecular flexibility index (Phi) is 3.68. The lowest BCUT2D eigenvalue weighted by atomic mass is 10.1. The number of nitrogens with zero attached hydrogens (tertiary/aromatic N) is 2. The fourth-order valence-electron chi connectivity index (χ4n) is 2.83. The molecule has 3 rings (SSSR count). The number of rotatable bonds is 2. The van der Waals surface area contributed by atoms with Gasteiger partial charge < -0.3 is 9.80 Å². The first-order valence-electron chi connectivity index (χ1n) is 7.07. The summed E-state index contributed by atoms with van der Waals surface area (Å²) >= 11 is 1.66. The molecule has 2 amide bonds. The largest absolute Gasteiger partial charge is 0.347 e. The van der Waals surface area contributed by atoms with E-state index in [1.54, 1.807) is 35.2 Å². The SMILES string of the molecule is CN(C)C(=O)[C@H]1CCCN1C(=O)c1ccc2sccc2c1. The Bertz CT molecular complexity index is 692. The summed E-state index contributed by atoms with van der Waals surface area (Å²) in [7, 11) is 3.47. The van der Waals surface area contributed by atoms with Crippen LogP contribution in [0.2, 0.25) is 0 Å². The standard InChI is InChI=1S/C16H18N2O2S/c1-17(2)16(20)13-4-3-8-18(13)15(19)12-5-6-14-11(10-12)7-9-21-14/h5-7,9-10,13H,3-4,8H2,1-2H3/t13-/m1/s1. The van der Waals surface area contributed by atoms with Crippen molar-refractivity contribution in [3.8, 4) is 0 Å². The first-order valence-corrected chi connectivity index (χ1v) is 7.95. The van der Waals surface area contributed by atoms with Gasteiger partial charge in [-0.1, -0.05) is 0 Å². The molecule has 0 aliphatic carbocycles. The quantitative estimate of drug-likeness (QED) is 0.855. The number of benzene rings is 1. The third-order valence-corrected chi connectivity index (χ3v) is 4.84. The van der Waals surface area contributed by atoms with Gasteiger partial charge >= 0.3 is 0 Å². The van der Waals surface area contributed by atoms with Crippen molar-refractivity contribution in [3.63, 3.8) is 0 Å². The van der Waals surface area contributed by atoms with Gasteiger partial charge in [-0.3, -0.25) is 9.59 Å². The van der Waals surface area contributed by atoms with Crippen LogP contribution >= 0.6 is 11.3 Å². The Balaban J connectivity index is 1.88. The Morgan fingerprint density at radius 1 is 1.29 bits per heavy atom. The summed E-state index contributed by atoms with van der Waals surface area (Å²) in [5, 5.41) is 3.10. The summed E-state index contributed by atoms with van der Waals surface area (Å²) in [5.74, 6) is -0.0294. The number of likely N-dealkylation sites (N-methyl/N-ethyl adjacent to an activating group) is 1. The minimum atomic E-state index is -0.314. The molecule has 5 heteroatoms. The predicted molar refractivity (Wildman–Crippen MR) is 84.6 cm³/mol. The summed E-state index contributed by atoms with van der Waals surface area (Å²) in [6, 6.07) is 7.46. The molecule has 0 unspecified atom stereocenters. The van der Waals surface area contributed by atoms with E-state index >= 15 is 0 Å². The first kappa shape index (κ1) is 14.1. The van der Waals surface area contributed by atoms with E-state index in [2.05, 4.69) is 0 Å². The Hall–Kier alpha value is -1.88. The molecule has 0 bridgehead atoms. The molecule has 0 spiro atoms. The maximum Gasteiger partial charge on any atom is 0.254 e. The maximum absolute atomic E-state index is 12.7. The highest BCUT2D eigenvalue weighted by Crippen LogP contribution is 2.25. The van der Waals surface area contributed by atoms with Crippen LogP contribution in [0, 0.1) is 0 Å². The van der Waals surface area contributed by atoms with Crippen LogP contribution in [0.25, 0.3) is 10.1 Å². The van der Waals surface area contributed by atoms with Crippen LogP contribution in [0.3, 0.4) is 0 Å². The summed E-state index contributed by atoms with van der Waals surface area (Å²) in [5.41, 5.74) is 0.666. The van der Waals surface area contributed by atoms with Crippen molar-refractivity contribution >= 4 is 33.2 Å². The van der Waals surface area contributed by atoms with Gasteiger partial charge in [0.15, 0.2) is 0 Å². The van der Waals surface area contributed by atoms with Gasteiger partial charge in [0.25, 0.3) is 5.91 Å². The molecule has 1 aromatic carbocycles. The smallest absolute Gasteiger partial charge is 0.254 e. The lowest BCUT2D eigenvalue weighted by molar-refractivity contribution is -0.132. The Morgan fingerprint density at radius 2 is 2.10 bits per heavy atom. The number of carbonyl (C=O) groups excluding carboxylic acids is 2. The van der Waals surface area contributed by atoms with Gasteiger partial charge in [-0.05, 0) is 47.9 Å². The normalized spacial score (nSPS) is 18.2. The second-order valence-corrected chi connectivity index (χ2v) is 6.51. The van der Waals surface area contributed by atoms with Gasteiger partial charge in [0, 0.05) is 30.9 Å². The minimum Gasteiger partial charge on any atom is -0.347 e. The average molecular weight is 302 g/mol. The zero-order valence-electron chi connectivity index (χ0n) is 12.2. The molecule has 110 valence electrons. The van der Waals surface area contributed by atoms with Gasteiger partial charge in [0.05, 0.1) is 0 Å². The maximum atomic E-state index is 12.7. The Labute approximate surface area is 128 Å². The number of hydrogen-bond donors (Lipinski definition) is 0. The van der Waals surface area contributed by atoms with Crippen LogP contribution in [0.5, 0.6) is 0 Å². The van der Waals surface area contributed by atoms with Crippen molar-refractivity contribution in [2.45, 2.75) is 18.9 Å². The van der Waals surface area contributed by atoms with Gasteiger partial charge in [-0.2, -0.15) is 0 Å². The van der Waals surface area contributed by atoms with Crippen molar-refractivity contribution in [3.05, 3.63) is 35.2 Å². The zero-order chi connectivity index (χ0) is 15.0. The number of thiophene rings is 1. The van der Waals surface area contributed by atoms with E-state index in [1.165, 1.54) is 4.70 Å². The van der Waals surface area contributed by atoms with Crippen LogP contribution < -0.4 is 0 Å². The predicted octanol–water partition coefficient (Wildman–Crippen LogP) is 2.59. The second kappa shape index (κ2) is 5.48. The van der Waals surface area contributed by atoms with Crippen LogP contribution in [0.1, 0.15) is 23.2 Å². The fraction of sp³-hybridized carbons (Fsp3) is 0.375. The minimum absolute atomic E-state index is 0.0115. The molecule has 1 saturated heterocycles. The van der Waals surface area contributed by atoms with Crippen LogP contribution in [-0.4, -0.2) is 48.3 Å². The Morgan fingerprint density at radius 3 is 2.86 bits per heavy atom. The first-order chi connectivity index (χ1) is 10.1. The zero-order valence-corrected chi connectivity index (χ0v) is 13.0. The van der Waals surface area contributed by atoms with Crippen LogP contribution in [-0.2, 0) is 4.79 Å². The van der Waals surface area contributed by atoms with Gasteiger partial charge in [0.1, 0.15) is 6.04 Å². The molecule has 2 aromatic rings. The molecular formula is C16H18N2O2S. The lowest BCUT2D eigenvalue weighted by Crippen LogP contribution is -2.45. The molecule has 2 heterocycles. The number of carbonyl (C=O) groups is 2. The van der Waals surface area contributed by atoms with Crippen molar-refractivity contribution in [2.75, 3.05) is 20.6 Å². The molecule has 1 atom stereocenters. The molecule has 1 aromatic heterocycles. The topological polar surface area (TPSA) is 40.6 Å². The summed E-state index contributed by atoms with van der Waals surface area (Å²) < 4.78 is 1.17. The van der Waals surface area contributed by atoms with E-state index in [1.807, 2.05) is 29.6 Å². The van der Waals surface area contributed by atoms with E-state index in [-0.39, 0.29) is 17.9 Å². The summed E-state index contributed by atoms with van der Waals surface area (Å²) in [4.78, 5) is 28.2. The number of hydrogen-bond acceptors (Lipinski definition) is 3. The molecule has 0 radical (unpaired) electrons. The molecule has 4 nitrogen and oxygen atoms in total. The van der Waals surface area contributed by atoms with E-state index in [0.29, 0.717) is 12.1 Å². The van der Waals surface area contributed by atoms with Crippen LogP contribution in [0.4, 0.5) is 0 Å². The molecule has 1 fully saturated rings. The number of likely N-dealkylation sites (tertiary alicyclic amines) is 1. The highest BCUT2D eigenvalue weighted by atomic mass is 32.1. The van der Waals surface area contributed by atoms with E-state index in [9.17, 15) is 9.59 Å². The van der Waals surface area contributed by atoms with Crippen molar-refractivity contribution in [1.29, 1.82) is 0 Å². The molecular weight excluding hydrogens is 284 g/mol. The summed E-state index contributed by atoms with van der Waals surface area (Å²) in [6.07, 6.45) is 1.64. The van der Waals surface area contributed by atoms with Gasteiger partial charge in [-0.15, -0.1) is 11.3 Å². The van der Waals surface area contributed by atoms with Crippen molar-refractivity contribution < 1.29 is 9.59 Å². The number of fused-ring (bicyclic) bond motifs is 1. The second-order valence-electron chi connectivity index (χ2n) is 5.56. The highest BCUT2D eigenvalue weighted by Gasteiger charge is 2.35. The molecule has 1 aliphatic heterocycles. The highest BCUT2D eigenvalue weighted by molar-refractivity contribution is 7.17. The van der Waals surface area contributed by atoms with E-state index in [4.69, 9.17) is 0 Å². The third-order valence-electron chi connectivity index (χ3n) is 3.94. The lowest BCUT2D eigenvalue weighted by Gasteiger charge is -2.26. The van der Waals surface area contributed by atoms with Crippen molar-refractivity contribution in [2.24, 2.45) is 0 Å². The van der Waals surface area contributed by atoms with E-state index in [0.717, 1.165) is 18.2 Å². The average Bonchev–Trinajstić information content (AvgIpc) is 3.13. The third kappa shape index (κ3) is 2.53. The van der Waals surface area contributed by atoms with E-state index < -0.39 is 0 Å². The molecule has 21 heavy (non-hydrogen) atoms. The monoisotopic (exact) mass is 302 g/mol. The summed E-state index contributed by atoms with van der Waals surface area (Å²) in [6.45, 7) is 0.657. The van der Waals surface area contributed by atoms with Gasteiger partial charge in [-0.25, -0.2) is 0 Å². The molecule has 0 N–H and O–H groups in total. The molecule has 0 saturated carbocycles. The fourth-order valence-corrected chi connectivity index (χ4v) is 3.60. The number of amides is 2. The van der Waals surface area contributed by atoms with Gasteiger partial charge in [0.2, 0.25) is 5.91 Å².